The third kappa shape index (κ3) is 4.17. The van der Waals surface area contributed by atoms with E-state index >= 15 is 0 Å². The molecule has 1 nitrogen and oxygen atoms in total. The highest BCUT2D eigenvalue weighted by atomic mass is 16.3. The van der Waals surface area contributed by atoms with E-state index in [9.17, 15) is 13.7 Å². The summed E-state index contributed by atoms with van der Waals surface area (Å²) < 4.78 is 247. The molecule has 45 heavy (non-hydrogen) atoms. The Bertz CT molecular complexity index is 3920. The molecule has 0 aliphatic carbocycles. The molecule has 0 spiro atoms. The molecule has 0 atom stereocenters. The lowest BCUT2D eigenvalue weighted by Gasteiger charge is -2.20. The molecule has 0 aliphatic heterocycles. The molecule has 1 heteroatoms. The fourth-order valence-electron chi connectivity index (χ4n) is 5.23. The van der Waals surface area contributed by atoms with Gasteiger partial charge >= 0.3 is 0 Å². The van der Waals surface area contributed by atoms with E-state index in [1.165, 1.54) is 0 Å². The van der Waals surface area contributed by atoms with Gasteiger partial charge in [-0.3, -0.25) is 0 Å². The zero-order chi connectivity index (χ0) is 53.2. The number of hydrogen-bond acceptors (Lipinski definition) is 1. The van der Waals surface area contributed by atoms with E-state index in [1.54, 1.807) is 0 Å². The van der Waals surface area contributed by atoms with Crippen molar-refractivity contribution in [2.75, 3.05) is 0 Å². The molecule has 9 rings (SSSR count). The Balaban J connectivity index is 1.57. The van der Waals surface area contributed by atoms with Gasteiger partial charge in [0.25, 0.3) is 0 Å². The molecule has 0 amide bonds. The summed E-state index contributed by atoms with van der Waals surface area (Å²) in [4.78, 5) is 0. The zero-order valence-electron chi connectivity index (χ0n) is 49.5. The average molecular weight is 600 g/mol. The minimum absolute atomic E-state index is 0.430. The topological polar surface area (TPSA) is 13.1 Å². The van der Waals surface area contributed by atoms with Gasteiger partial charge in [-0.05, 0) is 84.2 Å². The second kappa shape index (κ2) is 10.4. The lowest BCUT2D eigenvalue weighted by atomic mass is 9.83. The highest BCUT2D eigenvalue weighted by Crippen LogP contribution is 2.46. The van der Waals surface area contributed by atoms with Crippen molar-refractivity contribution in [1.82, 2.24) is 0 Å². The second-order valence-electron chi connectivity index (χ2n) is 9.57. The largest absolute Gasteiger partial charge is 0.456 e. The van der Waals surface area contributed by atoms with E-state index in [4.69, 9.17) is 27.7 Å². The molecule has 0 saturated carbocycles. The number of rotatable bonds is 4. The van der Waals surface area contributed by atoms with Crippen LogP contribution in [0, 0.1) is 0 Å². The summed E-state index contributed by atoms with van der Waals surface area (Å²) in [6.45, 7) is 0. The summed E-state index contributed by atoms with van der Waals surface area (Å²) in [5.74, 6) is 0. The lowest BCUT2D eigenvalue weighted by molar-refractivity contribution is 0.669. The lowest BCUT2D eigenvalue weighted by Crippen LogP contribution is -1.92. The summed E-state index contributed by atoms with van der Waals surface area (Å²) >= 11 is 0. The minimum atomic E-state index is -1.04. The summed E-state index contributed by atoms with van der Waals surface area (Å²) in [5, 5.41) is -3.86. The van der Waals surface area contributed by atoms with Crippen LogP contribution in [-0.4, -0.2) is 0 Å². The van der Waals surface area contributed by atoms with Crippen LogP contribution in [-0.2, 0) is 0 Å². The summed E-state index contributed by atoms with van der Waals surface area (Å²) in [6, 6.07) is -23.9. The maximum atomic E-state index is 9.67. The molecule has 0 unspecified atom stereocenters. The van der Waals surface area contributed by atoms with Gasteiger partial charge in [-0.25, -0.2) is 0 Å². The molecule has 1 aromatic heterocycles. The predicted molar refractivity (Wildman–Crippen MR) is 190 cm³/mol. The Hall–Kier alpha value is -5.92. The average Bonchev–Trinajstić information content (AvgIpc) is 3.76. The van der Waals surface area contributed by atoms with Gasteiger partial charge < -0.3 is 4.42 Å². The Labute approximate surface area is 299 Å². The van der Waals surface area contributed by atoms with Gasteiger partial charge in [-0.15, -0.1) is 0 Å². The zero-order valence-corrected chi connectivity index (χ0v) is 22.5. The third-order valence-corrected chi connectivity index (χ3v) is 7.12. The van der Waals surface area contributed by atoms with Crippen molar-refractivity contribution in [1.29, 1.82) is 0 Å². The van der Waals surface area contributed by atoms with E-state index < -0.39 is 251 Å². The van der Waals surface area contributed by atoms with Gasteiger partial charge in [-0.2, -0.15) is 0 Å². The van der Waals surface area contributed by atoms with Gasteiger partial charge in [0.15, 0.2) is 0 Å². The highest BCUT2D eigenvalue weighted by molar-refractivity contribution is 6.23. The van der Waals surface area contributed by atoms with E-state index in [-0.39, 0.29) is 0 Å². The number of fused-ring (bicyclic) bond motifs is 5. The van der Waals surface area contributed by atoms with Gasteiger partial charge in [0.05, 0.1) is 37.0 Å². The highest BCUT2D eigenvalue weighted by Gasteiger charge is 2.19. The van der Waals surface area contributed by atoms with Crippen LogP contribution in [0.15, 0.2) is 174 Å². The molecule has 0 radical (unpaired) electrons. The van der Waals surface area contributed by atoms with Crippen molar-refractivity contribution in [3.05, 3.63) is 169 Å². The molecule has 210 valence electrons. The molecule has 0 aliphatic rings. The van der Waals surface area contributed by atoms with Crippen LogP contribution >= 0.6 is 0 Å². The van der Waals surface area contributed by atoms with Crippen LogP contribution in [0.1, 0.15) is 37.0 Å². The molecule has 0 bridgehead atoms. The Morgan fingerprint density at radius 2 is 0.867 bits per heavy atom. The van der Waals surface area contributed by atoms with Crippen molar-refractivity contribution < 1.29 is 41.4 Å². The Morgan fingerprint density at radius 1 is 0.333 bits per heavy atom. The van der Waals surface area contributed by atoms with Crippen LogP contribution in [0.5, 0.6) is 0 Å². The number of hydrogen-bond donors (Lipinski definition) is 0. The quantitative estimate of drug-likeness (QED) is 0.183. The van der Waals surface area contributed by atoms with Crippen LogP contribution < -0.4 is 0 Å². The molecule has 0 N–H and O–H groups in total. The maximum absolute atomic E-state index is 9.67. The van der Waals surface area contributed by atoms with Gasteiger partial charge in [0.1, 0.15) is 11.2 Å². The first-order valence-corrected chi connectivity index (χ1v) is 13.2. The monoisotopic (exact) mass is 599 g/mol. The summed E-state index contributed by atoms with van der Waals surface area (Å²) in [5.41, 5.74) is -7.15. The molecule has 0 fully saturated rings. The van der Waals surface area contributed by atoms with Crippen molar-refractivity contribution in [3.63, 3.8) is 0 Å². The van der Waals surface area contributed by atoms with Crippen molar-refractivity contribution in [2.45, 2.75) is 0 Å². The number of furan rings is 1. The smallest absolute Gasteiger partial charge is 0.135 e. The molecule has 8 aromatic carbocycles. The molecule has 9 aromatic rings. The van der Waals surface area contributed by atoms with Crippen molar-refractivity contribution in [2.24, 2.45) is 0 Å². The number of benzene rings is 8. The van der Waals surface area contributed by atoms with Crippen LogP contribution in [0.2, 0.25) is 0 Å². The maximum Gasteiger partial charge on any atom is 0.135 e. The SMILES string of the molecule is [2H]c1cc([2H])c(-c2c([2H])c([2H])c(-c3c([2H])c([2H])c([2H])c([2H])c3[2H])c([2H])c2[2H])c(-c2c3c([2H])c([2H])c([2H])c([2H])c3c(-c3c([2H])c([2H])c4oc5c([2H])c([2H])c([2H])c([2H])c5c4c3[2H])c3c([2H])c([2H])c([2H])c([2H])c23)c1[2H]. The Morgan fingerprint density at radius 3 is 1.58 bits per heavy atom. The predicted octanol–water partition coefficient (Wildman–Crippen LogP) is 12.6. The van der Waals surface area contributed by atoms with Gasteiger partial charge in [0.2, 0.25) is 0 Å². The van der Waals surface area contributed by atoms with Crippen LogP contribution in [0.3, 0.4) is 0 Å². The fourth-order valence-corrected chi connectivity index (χ4v) is 5.23. The van der Waals surface area contributed by atoms with Gasteiger partial charge in [0, 0.05) is 10.8 Å². The van der Waals surface area contributed by atoms with Crippen molar-refractivity contribution in [3.8, 4) is 44.5 Å². The summed E-state index contributed by atoms with van der Waals surface area (Å²) in [6.07, 6.45) is 0. The van der Waals surface area contributed by atoms with E-state index in [2.05, 4.69) is 0 Å². The summed E-state index contributed by atoms with van der Waals surface area (Å²) in [7, 11) is 0. The van der Waals surface area contributed by atoms with Gasteiger partial charge in [-0.1, -0.05) is 151 Å². The first-order valence-electron chi connectivity index (χ1n) is 26.7. The van der Waals surface area contributed by atoms with E-state index in [1.807, 2.05) is 0 Å². The number of para-hydroxylation sites is 1. The first kappa shape index (κ1) is 10.3. The van der Waals surface area contributed by atoms with E-state index in [0.717, 1.165) is 6.07 Å². The van der Waals surface area contributed by atoms with Crippen LogP contribution in [0.25, 0.3) is 88.0 Å². The minimum Gasteiger partial charge on any atom is -0.456 e. The normalized spacial score (nSPS) is 20.0. The fraction of sp³-hybridized carbons (Fsp3) is 0. The molecular formula is C44H28O. The molecule has 1 heterocycles. The first-order chi connectivity index (χ1) is 33.6. The molecular weight excluding hydrogens is 544 g/mol. The standard InChI is InChI=1S/C44H28O/c1-2-12-29(13-3-1)30-22-24-31(25-23-30)33-14-4-5-16-35(33)44-38-19-8-6-17-36(38)43(37-18-7-9-20-39(37)44)32-26-27-42-40(28-32)34-15-10-11-21-41(34)45-42/h1-28H/i1D,2D,3D,5D,6D,7D,8D,9D,10D,11D,12D,13D,14D,15D,16D,17D,18D,19D,20D,21D,22D,23D,24D,25D,26D,27D,28D. The van der Waals surface area contributed by atoms with E-state index in [0.29, 0.717) is 0 Å². The van der Waals surface area contributed by atoms with Crippen LogP contribution in [0.4, 0.5) is 0 Å². The second-order valence-corrected chi connectivity index (χ2v) is 9.57. The molecule has 0 saturated heterocycles. The Kier molecular flexibility index (Phi) is 2.38. The third-order valence-electron chi connectivity index (χ3n) is 7.12. The van der Waals surface area contributed by atoms with Crippen molar-refractivity contribution >= 4 is 43.5 Å².